The van der Waals surface area contributed by atoms with E-state index >= 15 is 0 Å². The highest BCUT2D eigenvalue weighted by Gasteiger charge is 2.30. The lowest BCUT2D eigenvalue weighted by Gasteiger charge is -2.39. The quantitative estimate of drug-likeness (QED) is 0.646. The normalized spacial score (nSPS) is 15.4. The van der Waals surface area contributed by atoms with E-state index in [4.69, 9.17) is 4.74 Å². The second-order valence-corrected chi connectivity index (χ2v) is 7.53. The smallest absolute Gasteiger partial charge is 0.246 e. The van der Waals surface area contributed by atoms with E-state index in [0.717, 1.165) is 43.2 Å². The van der Waals surface area contributed by atoms with Crippen molar-refractivity contribution in [2.45, 2.75) is 6.04 Å². The average Bonchev–Trinajstić information content (AvgIpc) is 2.82. The fraction of sp³-hybridized carbons (Fsp3) is 0.240. The first-order valence-electron chi connectivity index (χ1n) is 10.4. The lowest BCUT2D eigenvalue weighted by Crippen LogP contribution is -2.50. The van der Waals surface area contributed by atoms with Crippen molar-refractivity contribution in [1.82, 2.24) is 4.90 Å². The Morgan fingerprint density at radius 1 is 0.935 bits per heavy atom. The number of methoxy groups -OCH3 is 1. The van der Waals surface area contributed by atoms with E-state index in [1.54, 1.807) is 19.2 Å². The molecule has 160 valence electrons. The summed E-state index contributed by atoms with van der Waals surface area (Å²) < 4.78 is 18.6. The fourth-order valence-corrected chi connectivity index (χ4v) is 3.95. The van der Waals surface area contributed by atoms with Gasteiger partial charge in [0, 0.05) is 43.6 Å². The van der Waals surface area contributed by atoms with Gasteiger partial charge in [-0.25, -0.2) is 4.39 Å². The molecule has 1 N–H and O–H groups in total. The van der Waals surface area contributed by atoms with Crippen molar-refractivity contribution in [1.29, 1.82) is 0 Å². The molecule has 0 spiro atoms. The van der Waals surface area contributed by atoms with Gasteiger partial charge in [0.1, 0.15) is 17.6 Å². The molecule has 4 rings (SSSR count). The van der Waals surface area contributed by atoms with Gasteiger partial charge in [-0.15, -0.1) is 0 Å². The van der Waals surface area contributed by atoms with Crippen LogP contribution in [-0.4, -0.2) is 44.1 Å². The Kier molecular flexibility index (Phi) is 6.48. The highest BCUT2D eigenvalue weighted by molar-refractivity contribution is 5.95. The number of piperazine rings is 1. The molecule has 1 aliphatic heterocycles. The summed E-state index contributed by atoms with van der Waals surface area (Å²) in [5.74, 6) is 0.389. The van der Waals surface area contributed by atoms with E-state index in [2.05, 4.69) is 21.2 Å². The summed E-state index contributed by atoms with van der Waals surface area (Å²) in [6.07, 6.45) is 0. The number of nitrogens with one attached hydrogen (secondary N) is 1. The SMILES string of the molecule is COc1cccc(N2CCN([C@H](C(=O)Nc3ccc(F)cc3)c3ccccc3)CC2)c1. The summed E-state index contributed by atoms with van der Waals surface area (Å²) in [6, 6.07) is 23.3. The molecule has 0 aliphatic carbocycles. The second-order valence-electron chi connectivity index (χ2n) is 7.53. The van der Waals surface area contributed by atoms with Gasteiger partial charge in [-0.1, -0.05) is 36.4 Å². The Balaban J connectivity index is 1.50. The Hall–Kier alpha value is -3.38. The molecular formula is C25H26FN3O2. The summed E-state index contributed by atoms with van der Waals surface area (Å²) in [7, 11) is 1.67. The van der Waals surface area contributed by atoms with E-state index in [1.807, 2.05) is 48.5 Å². The summed E-state index contributed by atoms with van der Waals surface area (Å²) >= 11 is 0. The third kappa shape index (κ3) is 5.03. The van der Waals surface area contributed by atoms with Gasteiger partial charge < -0.3 is 15.0 Å². The number of carbonyl (C=O) groups is 1. The number of ether oxygens (including phenoxy) is 1. The number of nitrogens with zero attached hydrogens (tertiary/aromatic N) is 2. The molecule has 0 aromatic heterocycles. The van der Waals surface area contributed by atoms with Crippen LogP contribution in [0, 0.1) is 5.82 Å². The molecule has 3 aromatic carbocycles. The van der Waals surface area contributed by atoms with E-state index in [9.17, 15) is 9.18 Å². The van der Waals surface area contributed by atoms with Crippen molar-refractivity contribution in [3.8, 4) is 5.75 Å². The standard InChI is InChI=1S/C25H26FN3O2/c1-31-23-9-5-8-22(18-23)28-14-16-29(17-15-28)24(19-6-3-2-4-7-19)25(30)27-21-12-10-20(26)11-13-21/h2-13,18,24H,14-17H2,1H3,(H,27,30)/t24-/m0/s1. The predicted molar refractivity (Wildman–Crippen MR) is 121 cm³/mol. The van der Waals surface area contributed by atoms with Crippen LogP contribution in [0.1, 0.15) is 11.6 Å². The van der Waals surface area contributed by atoms with Crippen molar-refractivity contribution in [3.63, 3.8) is 0 Å². The number of halogens is 1. The van der Waals surface area contributed by atoms with E-state index < -0.39 is 6.04 Å². The van der Waals surface area contributed by atoms with Crippen LogP contribution in [0.5, 0.6) is 5.75 Å². The van der Waals surface area contributed by atoms with Gasteiger partial charge in [-0.05, 0) is 42.0 Å². The summed E-state index contributed by atoms with van der Waals surface area (Å²) in [4.78, 5) is 17.8. The Morgan fingerprint density at radius 3 is 2.32 bits per heavy atom. The molecule has 1 fully saturated rings. The van der Waals surface area contributed by atoms with E-state index in [-0.39, 0.29) is 11.7 Å². The molecule has 6 heteroatoms. The first kappa shape index (κ1) is 20.9. The van der Waals surface area contributed by atoms with E-state index in [1.165, 1.54) is 12.1 Å². The van der Waals surface area contributed by atoms with Crippen LogP contribution in [0.3, 0.4) is 0 Å². The monoisotopic (exact) mass is 419 g/mol. The summed E-state index contributed by atoms with van der Waals surface area (Å²) in [6.45, 7) is 3.10. The number of anilines is 2. The zero-order chi connectivity index (χ0) is 21.6. The third-order valence-corrected chi connectivity index (χ3v) is 5.57. The molecule has 0 bridgehead atoms. The maximum Gasteiger partial charge on any atom is 0.246 e. The number of hydrogen-bond acceptors (Lipinski definition) is 4. The van der Waals surface area contributed by atoms with Crippen LogP contribution in [0.25, 0.3) is 0 Å². The van der Waals surface area contributed by atoms with Crippen molar-refractivity contribution in [3.05, 3.63) is 90.2 Å². The maximum absolute atomic E-state index is 13.3. The number of benzene rings is 3. The first-order valence-corrected chi connectivity index (χ1v) is 10.4. The fourth-order valence-electron chi connectivity index (χ4n) is 3.95. The largest absolute Gasteiger partial charge is 0.497 e. The zero-order valence-corrected chi connectivity index (χ0v) is 17.5. The average molecular weight is 420 g/mol. The van der Waals surface area contributed by atoms with Crippen LogP contribution in [0.15, 0.2) is 78.9 Å². The van der Waals surface area contributed by atoms with Crippen LogP contribution in [-0.2, 0) is 4.79 Å². The van der Waals surface area contributed by atoms with Crippen LogP contribution in [0.4, 0.5) is 15.8 Å². The van der Waals surface area contributed by atoms with Gasteiger partial charge in [-0.3, -0.25) is 9.69 Å². The highest BCUT2D eigenvalue weighted by atomic mass is 19.1. The van der Waals surface area contributed by atoms with Gasteiger partial charge in [0.25, 0.3) is 0 Å². The molecule has 1 atom stereocenters. The molecule has 5 nitrogen and oxygen atoms in total. The number of carbonyl (C=O) groups excluding carboxylic acids is 1. The minimum absolute atomic E-state index is 0.118. The molecule has 3 aromatic rings. The Labute approximate surface area is 182 Å². The third-order valence-electron chi connectivity index (χ3n) is 5.57. The second kappa shape index (κ2) is 9.62. The van der Waals surface area contributed by atoms with Crippen molar-refractivity contribution >= 4 is 17.3 Å². The molecule has 1 saturated heterocycles. The van der Waals surface area contributed by atoms with Crippen LogP contribution >= 0.6 is 0 Å². The number of amides is 1. The topological polar surface area (TPSA) is 44.8 Å². The van der Waals surface area contributed by atoms with Gasteiger partial charge in [0.05, 0.1) is 7.11 Å². The molecule has 1 aliphatic rings. The zero-order valence-electron chi connectivity index (χ0n) is 17.5. The number of hydrogen-bond donors (Lipinski definition) is 1. The lowest BCUT2D eigenvalue weighted by atomic mass is 10.0. The Bertz CT molecular complexity index is 1000. The first-order chi connectivity index (χ1) is 15.1. The molecule has 1 amide bonds. The van der Waals surface area contributed by atoms with Crippen molar-refractivity contribution < 1.29 is 13.9 Å². The maximum atomic E-state index is 13.3. The predicted octanol–water partition coefficient (Wildman–Crippen LogP) is 4.34. The van der Waals surface area contributed by atoms with Crippen molar-refractivity contribution in [2.75, 3.05) is 43.5 Å². The minimum atomic E-state index is -0.418. The lowest BCUT2D eigenvalue weighted by molar-refractivity contribution is -0.121. The Morgan fingerprint density at radius 2 is 1.65 bits per heavy atom. The molecule has 0 unspecified atom stereocenters. The molecule has 0 saturated carbocycles. The van der Waals surface area contributed by atoms with Gasteiger partial charge >= 0.3 is 0 Å². The molecule has 1 heterocycles. The van der Waals surface area contributed by atoms with Crippen molar-refractivity contribution in [2.24, 2.45) is 0 Å². The van der Waals surface area contributed by atoms with Gasteiger partial charge in [0.2, 0.25) is 5.91 Å². The van der Waals surface area contributed by atoms with Gasteiger partial charge in [0.15, 0.2) is 0 Å². The highest BCUT2D eigenvalue weighted by Crippen LogP contribution is 2.27. The van der Waals surface area contributed by atoms with Gasteiger partial charge in [-0.2, -0.15) is 0 Å². The molecule has 0 radical (unpaired) electrons. The van der Waals surface area contributed by atoms with E-state index in [0.29, 0.717) is 5.69 Å². The number of rotatable bonds is 6. The summed E-state index contributed by atoms with van der Waals surface area (Å²) in [5.41, 5.74) is 2.64. The summed E-state index contributed by atoms with van der Waals surface area (Å²) in [5, 5.41) is 2.95. The molecular weight excluding hydrogens is 393 g/mol. The molecule has 31 heavy (non-hydrogen) atoms. The van der Waals surface area contributed by atoms with Crippen LogP contribution < -0.4 is 15.0 Å². The van der Waals surface area contributed by atoms with Crippen LogP contribution in [0.2, 0.25) is 0 Å². The minimum Gasteiger partial charge on any atom is -0.497 e.